The first kappa shape index (κ1) is 8.15. The Labute approximate surface area is 72.0 Å². The second-order valence-corrected chi connectivity index (χ2v) is 6.48. The third-order valence-electron chi connectivity index (χ3n) is 1.61. The van der Waals surface area contributed by atoms with Crippen molar-refractivity contribution in [2.45, 2.75) is 34.8 Å². The molecule has 1 aliphatic rings. The van der Waals surface area contributed by atoms with Crippen molar-refractivity contribution in [2.75, 3.05) is 0 Å². The zero-order valence-electron chi connectivity index (χ0n) is 5.66. The van der Waals surface area contributed by atoms with Gasteiger partial charge < -0.3 is 0 Å². The number of hydrogen-bond acceptors (Lipinski definition) is 3. The van der Waals surface area contributed by atoms with Crippen molar-refractivity contribution < 1.29 is 0 Å². The highest BCUT2D eigenvalue weighted by Gasteiger charge is 2.37. The first-order chi connectivity index (χ1) is 4.02. The van der Waals surface area contributed by atoms with E-state index in [1.807, 2.05) is 11.8 Å². The van der Waals surface area contributed by atoms with E-state index in [2.05, 4.69) is 39.1 Å². The Hall–Kier alpha value is 1.05. The third kappa shape index (κ3) is 1.75. The molecule has 3 unspecified atom stereocenters. The molecule has 54 valence electrons. The van der Waals surface area contributed by atoms with E-state index in [0.29, 0.717) is 5.25 Å². The molecule has 0 bridgehead atoms. The number of hydrogen-bond donors (Lipinski definition) is 2. The fourth-order valence-electron chi connectivity index (χ4n) is 1.07. The van der Waals surface area contributed by atoms with Crippen LogP contribution in [0.1, 0.15) is 20.3 Å². The van der Waals surface area contributed by atoms with Gasteiger partial charge in [-0.3, -0.25) is 0 Å². The topological polar surface area (TPSA) is 0 Å². The number of thioether (sulfide) groups is 1. The van der Waals surface area contributed by atoms with E-state index in [4.69, 9.17) is 0 Å². The van der Waals surface area contributed by atoms with Crippen molar-refractivity contribution >= 4 is 37.0 Å². The van der Waals surface area contributed by atoms with Crippen molar-refractivity contribution in [3.8, 4) is 0 Å². The molecule has 0 aliphatic carbocycles. The van der Waals surface area contributed by atoms with E-state index in [-0.39, 0.29) is 4.08 Å². The van der Waals surface area contributed by atoms with Gasteiger partial charge in [-0.05, 0) is 13.3 Å². The molecule has 1 rings (SSSR count). The third-order valence-corrected chi connectivity index (χ3v) is 4.70. The average molecular weight is 180 g/mol. The van der Waals surface area contributed by atoms with E-state index >= 15 is 0 Å². The molecule has 1 aliphatic heterocycles. The summed E-state index contributed by atoms with van der Waals surface area (Å²) >= 11 is 10.8. The Balaban J connectivity index is 2.58. The van der Waals surface area contributed by atoms with Gasteiger partial charge in [0.15, 0.2) is 0 Å². The van der Waals surface area contributed by atoms with Gasteiger partial charge in [0.25, 0.3) is 0 Å². The molecule has 0 aromatic carbocycles. The summed E-state index contributed by atoms with van der Waals surface area (Å²) in [5, 5.41) is 1.19. The van der Waals surface area contributed by atoms with Gasteiger partial charge in [-0.25, -0.2) is 0 Å². The number of thiol groups is 2. The Bertz CT molecular complexity index is 111. The lowest BCUT2D eigenvalue weighted by atomic mass is 10.2. The van der Waals surface area contributed by atoms with Gasteiger partial charge in [-0.1, -0.05) is 6.92 Å². The van der Waals surface area contributed by atoms with Crippen LogP contribution in [0.4, 0.5) is 0 Å². The minimum absolute atomic E-state index is 0.0997. The van der Waals surface area contributed by atoms with Gasteiger partial charge in [-0.2, -0.15) is 25.3 Å². The van der Waals surface area contributed by atoms with Crippen LogP contribution in [0.2, 0.25) is 0 Å². The van der Waals surface area contributed by atoms with E-state index in [1.54, 1.807) is 0 Å². The SMILES string of the molecule is CC1CC(S)C(C)(S)S1. The van der Waals surface area contributed by atoms with Crippen molar-refractivity contribution in [3.05, 3.63) is 0 Å². The molecular formula is C6H12S3. The minimum atomic E-state index is 0.0997. The summed E-state index contributed by atoms with van der Waals surface area (Å²) in [5.74, 6) is 0. The molecule has 1 fully saturated rings. The fraction of sp³-hybridized carbons (Fsp3) is 1.00. The Morgan fingerprint density at radius 1 is 1.67 bits per heavy atom. The first-order valence-corrected chi connectivity index (χ1v) is 4.95. The van der Waals surface area contributed by atoms with Crippen LogP contribution in [-0.2, 0) is 0 Å². The van der Waals surface area contributed by atoms with Gasteiger partial charge in [0.1, 0.15) is 0 Å². The summed E-state index contributed by atoms with van der Waals surface area (Å²) in [4.78, 5) is 0. The second kappa shape index (κ2) is 2.59. The molecule has 0 saturated carbocycles. The normalized spacial score (nSPS) is 52.0. The maximum atomic E-state index is 4.49. The molecule has 0 aromatic heterocycles. The van der Waals surface area contributed by atoms with Crippen LogP contribution >= 0.6 is 37.0 Å². The zero-order valence-corrected chi connectivity index (χ0v) is 8.27. The highest BCUT2D eigenvalue weighted by atomic mass is 32.2. The molecule has 3 atom stereocenters. The van der Waals surface area contributed by atoms with E-state index < -0.39 is 0 Å². The maximum absolute atomic E-state index is 4.49. The standard InChI is InChI=1S/C6H12S3/c1-4-3-5(7)6(2,8)9-4/h4-5,7-8H,3H2,1-2H3. The first-order valence-electron chi connectivity index (χ1n) is 3.10. The highest BCUT2D eigenvalue weighted by molar-refractivity contribution is 8.13. The lowest BCUT2D eigenvalue weighted by molar-refractivity contribution is 0.775. The van der Waals surface area contributed by atoms with Gasteiger partial charge in [0.2, 0.25) is 0 Å². The molecule has 0 spiro atoms. The smallest absolute Gasteiger partial charge is 0.0672 e. The predicted molar refractivity (Wildman–Crippen MR) is 51.8 cm³/mol. The molecule has 9 heavy (non-hydrogen) atoms. The van der Waals surface area contributed by atoms with Crippen molar-refractivity contribution in [2.24, 2.45) is 0 Å². The van der Waals surface area contributed by atoms with Crippen LogP contribution in [-0.4, -0.2) is 14.6 Å². The lowest BCUT2D eigenvalue weighted by Gasteiger charge is -2.19. The molecule has 0 amide bonds. The van der Waals surface area contributed by atoms with Crippen LogP contribution in [0.3, 0.4) is 0 Å². The molecule has 0 nitrogen and oxygen atoms in total. The summed E-state index contributed by atoms with van der Waals surface area (Å²) in [6.07, 6.45) is 1.19. The van der Waals surface area contributed by atoms with Crippen molar-refractivity contribution in [1.82, 2.24) is 0 Å². The summed E-state index contributed by atoms with van der Waals surface area (Å²) in [5.41, 5.74) is 0. The van der Waals surface area contributed by atoms with Crippen LogP contribution in [0.25, 0.3) is 0 Å². The second-order valence-electron chi connectivity index (χ2n) is 2.73. The molecule has 3 heteroatoms. The average Bonchev–Trinajstić information content (AvgIpc) is 1.79. The Kier molecular flexibility index (Phi) is 2.34. The van der Waals surface area contributed by atoms with E-state index in [9.17, 15) is 0 Å². The summed E-state index contributed by atoms with van der Waals surface area (Å²) in [6, 6.07) is 0. The highest BCUT2D eigenvalue weighted by Crippen LogP contribution is 2.47. The minimum Gasteiger partial charge on any atom is -0.174 e. The molecular weight excluding hydrogens is 168 g/mol. The largest absolute Gasteiger partial charge is 0.174 e. The number of rotatable bonds is 0. The summed E-state index contributed by atoms with van der Waals surface area (Å²) < 4.78 is 0.0997. The van der Waals surface area contributed by atoms with Crippen LogP contribution in [0, 0.1) is 0 Å². The maximum Gasteiger partial charge on any atom is 0.0672 e. The molecule has 1 saturated heterocycles. The summed E-state index contributed by atoms with van der Waals surface area (Å²) in [7, 11) is 0. The lowest BCUT2D eigenvalue weighted by Crippen LogP contribution is -2.18. The van der Waals surface area contributed by atoms with Gasteiger partial charge in [0, 0.05) is 10.5 Å². The van der Waals surface area contributed by atoms with Crippen molar-refractivity contribution in [1.29, 1.82) is 0 Å². The van der Waals surface area contributed by atoms with Gasteiger partial charge in [-0.15, -0.1) is 11.8 Å². The van der Waals surface area contributed by atoms with E-state index in [1.165, 1.54) is 6.42 Å². The molecule has 0 aromatic rings. The molecule has 0 radical (unpaired) electrons. The molecule has 1 heterocycles. The Morgan fingerprint density at radius 2 is 2.22 bits per heavy atom. The quantitative estimate of drug-likeness (QED) is 0.540. The summed E-state index contributed by atoms with van der Waals surface area (Å²) in [6.45, 7) is 4.37. The van der Waals surface area contributed by atoms with Crippen LogP contribution in [0.5, 0.6) is 0 Å². The monoisotopic (exact) mass is 180 g/mol. The van der Waals surface area contributed by atoms with Crippen molar-refractivity contribution in [3.63, 3.8) is 0 Å². The van der Waals surface area contributed by atoms with Gasteiger partial charge >= 0.3 is 0 Å². The van der Waals surface area contributed by atoms with Crippen LogP contribution in [0.15, 0.2) is 0 Å². The predicted octanol–water partition coefficient (Wildman–Crippen LogP) is 2.46. The van der Waals surface area contributed by atoms with Gasteiger partial charge in [0.05, 0.1) is 4.08 Å². The molecule has 0 N–H and O–H groups in total. The van der Waals surface area contributed by atoms with Crippen LogP contribution < -0.4 is 0 Å². The van der Waals surface area contributed by atoms with E-state index in [0.717, 1.165) is 5.25 Å². The Morgan fingerprint density at radius 3 is 2.33 bits per heavy atom. The fourth-order valence-corrected chi connectivity index (χ4v) is 3.71. The zero-order chi connectivity index (χ0) is 7.07.